The smallest absolute Gasteiger partial charge is 0.385 e. The molecule has 0 amide bonds. The molecule has 0 heterocycles. The number of aliphatic hydroxyl groups is 1. The third-order valence-corrected chi connectivity index (χ3v) is 3.19. The Labute approximate surface area is 128 Å². The highest BCUT2D eigenvalue weighted by atomic mass is 19.4. The molecule has 0 aliphatic rings. The Hall–Kier alpha value is -1.52. The first kappa shape index (κ1) is 20.5. The summed E-state index contributed by atoms with van der Waals surface area (Å²) >= 11 is 0. The molecule has 0 radical (unpaired) electrons. The van der Waals surface area contributed by atoms with Gasteiger partial charge in [-0.3, -0.25) is 0 Å². The first-order chi connectivity index (χ1) is 10.4. The third-order valence-electron chi connectivity index (χ3n) is 3.19. The Morgan fingerprint density at radius 3 is 1.58 bits per heavy atom. The lowest BCUT2D eigenvalue weighted by Gasteiger charge is -2.34. The van der Waals surface area contributed by atoms with Gasteiger partial charge in [-0.2, -0.15) is 43.9 Å². The second-order valence-corrected chi connectivity index (χ2v) is 5.27. The third kappa shape index (κ3) is 3.76. The molecule has 0 aliphatic heterocycles. The number of halogens is 10. The van der Waals surface area contributed by atoms with Crippen molar-refractivity contribution in [3.8, 4) is 0 Å². The molecule has 138 valence electrons. The minimum absolute atomic E-state index is 0.304. The number of alkyl halides is 10. The van der Waals surface area contributed by atoms with E-state index in [1.807, 2.05) is 0 Å². The highest BCUT2D eigenvalue weighted by molar-refractivity contribution is 5.34. The molecule has 0 spiro atoms. The van der Waals surface area contributed by atoms with Crippen molar-refractivity contribution in [1.82, 2.24) is 0 Å². The van der Waals surface area contributed by atoms with Gasteiger partial charge in [0.15, 0.2) is 0 Å². The van der Waals surface area contributed by atoms with E-state index in [1.165, 1.54) is 0 Å². The van der Waals surface area contributed by atoms with Crippen molar-refractivity contribution < 1.29 is 49.0 Å². The van der Waals surface area contributed by atoms with Gasteiger partial charge in [0, 0.05) is 0 Å². The molecular formula is C13H10F10O. The van der Waals surface area contributed by atoms with Gasteiger partial charge in [0.2, 0.25) is 0 Å². The molecule has 0 bridgehead atoms. The van der Waals surface area contributed by atoms with Crippen LogP contribution in [0, 0.1) is 0 Å². The van der Waals surface area contributed by atoms with Crippen molar-refractivity contribution in [1.29, 1.82) is 0 Å². The highest BCUT2D eigenvalue weighted by Gasteiger charge is 2.73. The van der Waals surface area contributed by atoms with Gasteiger partial charge in [-0.05, 0) is 18.6 Å². The van der Waals surface area contributed by atoms with Gasteiger partial charge in [0.05, 0.1) is 17.6 Å². The van der Waals surface area contributed by atoms with E-state index in [9.17, 15) is 49.0 Å². The quantitative estimate of drug-likeness (QED) is 0.726. The first-order valence-corrected chi connectivity index (χ1v) is 6.15. The van der Waals surface area contributed by atoms with E-state index < -0.39 is 47.3 Å². The van der Waals surface area contributed by atoms with Gasteiger partial charge in [-0.15, -0.1) is 0 Å². The fraction of sp³-hybridized carbons (Fsp3) is 0.538. The fourth-order valence-corrected chi connectivity index (χ4v) is 2.05. The molecule has 1 N–H and O–H groups in total. The average molecular weight is 372 g/mol. The minimum atomic E-state index is -6.64. The van der Waals surface area contributed by atoms with E-state index in [2.05, 4.69) is 0 Å². The summed E-state index contributed by atoms with van der Waals surface area (Å²) in [7, 11) is 0. The number of benzene rings is 1. The van der Waals surface area contributed by atoms with Crippen molar-refractivity contribution in [3.63, 3.8) is 0 Å². The Balaban J connectivity index is 3.34. The molecule has 11 heteroatoms. The van der Waals surface area contributed by atoms with Gasteiger partial charge >= 0.3 is 24.2 Å². The largest absolute Gasteiger partial charge is 0.459 e. The van der Waals surface area contributed by atoms with Crippen LogP contribution in [0.4, 0.5) is 43.9 Å². The summed E-state index contributed by atoms with van der Waals surface area (Å²) in [6.07, 6.45) is -14.3. The van der Waals surface area contributed by atoms with E-state index >= 15 is 0 Å². The maximum absolute atomic E-state index is 13.4. The van der Waals surface area contributed by atoms with Crippen LogP contribution in [0.5, 0.6) is 0 Å². The molecule has 1 rings (SSSR count). The monoisotopic (exact) mass is 372 g/mol. The predicted octanol–water partition coefficient (Wildman–Crippen LogP) is 5.14. The number of hydrogen-bond acceptors (Lipinski definition) is 1. The summed E-state index contributed by atoms with van der Waals surface area (Å²) in [4.78, 5) is 0. The van der Waals surface area contributed by atoms with E-state index in [0.29, 0.717) is 19.1 Å². The second kappa shape index (κ2) is 5.78. The maximum atomic E-state index is 13.4. The molecule has 24 heavy (non-hydrogen) atoms. The molecule has 1 unspecified atom stereocenters. The van der Waals surface area contributed by atoms with Gasteiger partial charge in [0.1, 0.15) is 0 Å². The molecule has 1 aromatic rings. The van der Waals surface area contributed by atoms with Crippen molar-refractivity contribution in [2.45, 2.75) is 43.1 Å². The van der Waals surface area contributed by atoms with Crippen molar-refractivity contribution in [2.24, 2.45) is 0 Å². The lowest BCUT2D eigenvalue weighted by Crippen LogP contribution is -2.54. The minimum Gasteiger partial charge on any atom is -0.385 e. The lowest BCUT2D eigenvalue weighted by molar-refractivity contribution is -0.361. The van der Waals surface area contributed by atoms with Crippen LogP contribution in [0.25, 0.3) is 0 Å². The molecule has 1 nitrogen and oxygen atoms in total. The fourth-order valence-electron chi connectivity index (χ4n) is 2.05. The Kier molecular flexibility index (Phi) is 4.94. The second-order valence-electron chi connectivity index (χ2n) is 5.27. The highest BCUT2D eigenvalue weighted by Crippen LogP contribution is 2.51. The molecule has 1 aromatic carbocycles. The van der Waals surface area contributed by atoms with Crippen LogP contribution in [0.15, 0.2) is 24.3 Å². The molecule has 0 aliphatic carbocycles. The summed E-state index contributed by atoms with van der Waals surface area (Å²) < 4.78 is 127. The van der Waals surface area contributed by atoms with Crippen molar-refractivity contribution >= 4 is 0 Å². The van der Waals surface area contributed by atoms with E-state index in [-0.39, 0.29) is 0 Å². The number of hydrogen-bond donors (Lipinski definition) is 1. The Morgan fingerprint density at radius 1 is 0.792 bits per heavy atom. The van der Waals surface area contributed by atoms with Crippen molar-refractivity contribution in [3.05, 3.63) is 35.4 Å². The van der Waals surface area contributed by atoms with Crippen LogP contribution in [0.2, 0.25) is 0 Å². The summed E-state index contributed by atoms with van der Waals surface area (Å²) in [5.74, 6) is -12.4. The summed E-state index contributed by atoms with van der Waals surface area (Å²) in [6, 6.07) is 2.62. The van der Waals surface area contributed by atoms with Crippen LogP contribution in [-0.2, 0) is 11.8 Å². The maximum Gasteiger partial charge on any atom is 0.459 e. The zero-order valence-corrected chi connectivity index (χ0v) is 11.7. The molecule has 0 saturated heterocycles. The van der Waals surface area contributed by atoms with Gasteiger partial charge in [0.25, 0.3) is 0 Å². The average Bonchev–Trinajstić information content (AvgIpc) is 2.35. The molecular weight excluding hydrogens is 362 g/mol. The molecule has 0 fully saturated rings. The number of rotatable bonds is 4. The molecule has 0 saturated carbocycles. The van der Waals surface area contributed by atoms with Crippen LogP contribution < -0.4 is 0 Å². The molecule has 0 aromatic heterocycles. The normalized spacial score (nSPS) is 16.8. The molecule has 1 atom stereocenters. The van der Waals surface area contributed by atoms with Gasteiger partial charge in [-0.1, -0.05) is 18.2 Å². The summed E-state index contributed by atoms with van der Waals surface area (Å²) in [5, 5.41) is 9.81. The Bertz CT molecular complexity index is 585. The summed E-state index contributed by atoms with van der Waals surface area (Å²) in [6.45, 7) is 0.304. The van der Waals surface area contributed by atoms with Crippen LogP contribution >= 0.6 is 0 Å². The Morgan fingerprint density at radius 2 is 1.21 bits per heavy atom. The first-order valence-electron chi connectivity index (χ1n) is 6.15. The van der Waals surface area contributed by atoms with Crippen LogP contribution in [-0.4, -0.2) is 23.1 Å². The zero-order chi connectivity index (χ0) is 19.2. The standard InChI is InChI=1S/C13H10F10O/c1-9(24,6-10(14,15)12(19,20)13(21,22)23)7-4-2-3-5-8(7)11(16,17)18/h2-5,24H,6H2,1H3. The van der Waals surface area contributed by atoms with Gasteiger partial charge < -0.3 is 5.11 Å². The van der Waals surface area contributed by atoms with Crippen molar-refractivity contribution in [2.75, 3.05) is 0 Å². The SMILES string of the molecule is CC(O)(CC(F)(F)C(F)(F)C(F)(F)F)c1ccccc1C(F)(F)F. The zero-order valence-electron chi connectivity index (χ0n) is 11.7. The van der Waals surface area contributed by atoms with Gasteiger partial charge in [-0.25, -0.2) is 0 Å². The van der Waals surface area contributed by atoms with E-state index in [4.69, 9.17) is 0 Å². The van der Waals surface area contributed by atoms with Crippen LogP contribution in [0.1, 0.15) is 24.5 Å². The van der Waals surface area contributed by atoms with E-state index in [1.54, 1.807) is 0 Å². The predicted molar refractivity (Wildman–Crippen MR) is 61.6 cm³/mol. The topological polar surface area (TPSA) is 20.2 Å². The lowest BCUT2D eigenvalue weighted by atomic mass is 9.84. The van der Waals surface area contributed by atoms with E-state index in [0.717, 1.165) is 12.1 Å². The van der Waals surface area contributed by atoms with Crippen LogP contribution in [0.3, 0.4) is 0 Å². The summed E-state index contributed by atoms with van der Waals surface area (Å²) in [5.41, 5.74) is -6.17.